The minimum atomic E-state index is -0.770. The number of hydrogen-bond acceptors (Lipinski definition) is 6. The molecular formula is C61H114O6. The fourth-order valence-corrected chi connectivity index (χ4v) is 8.91. The smallest absolute Gasteiger partial charge is 0.306 e. The topological polar surface area (TPSA) is 78.9 Å². The molecule has 0 aliphatic carbocycles. The van der Waals surface area contributed by atoms with Crippen LogP contribution in [0.1, 0.15) is 329 Å². The van der Waals surface area contributed by atoms with Gasteiger partial charge in [0.2, 0.25) is 0 Å². The van der Waals surface area contributed by atoms with Crippen LogP contribution in [0.5, 0.6) is 0 Å². The Balaban J connectivity index is 4.32. The summed E-state index contributed by atoms with van der Waals surface area (Å²) in [7, 11) is 0. The molecule has 0 N–H and O–H groups in total. The fraction of sp³-hybridized carbons (Fsp3) is 0.885. The Hall–Kier alpha value is -2.11. The number of carbonyl (C=O) groups is 3. The first-order valence-corrected chi connectivity index (χ1v) is 29.8. The number of esters is 3. The van der Waals surface area contributed by atoms with E-state index in [1.54, 1.807) is 0 Å². The standard InChI is InChI=1S/C61H114O6/c1-4-7-10-13-16-19-22-25-27-29-30-32-34-37-40-43-46-49-52-55-61(64)67-58(56-65-59(62)53-50-47-44-41-38-35-24-21-18-15-12-9-6-3)57-66-60(63)54-51-48-45-42-39-36-33-31-28-26-23-20-17-14-11-8-5-2/h25-28,58H,4-24,29-57H2,1-3H3/b27-25-,28-26-/t58-/m0/s1. The number of ether oxygens (including phenoxy) is 3. The third-order valence-corrected chi connectivity index (χ3v) is 13.4. The summed E-state index contributed by atoms with van der Waals surface area (Å²) >= 11 is 0. The lowest BCUT2D eigenvalue weighted by molar-refractivity contribution is -0.167. The second-order valence-corrected chi connectivity index (χ2v) is 20.3. The van der Waals surface area contributed by atoms with Crippen LogP contribution in [0.25, 0.3) is 0 Å². The minimum Gasteiger partial charge on any atom is -0.462 e. The van der Waals surface area contributed by atoms with Crippen molar-refractivity contribution in [2.75, 3.05) is 13.2 Å². The Morgan fingerprint density at radius 3 is 0.746 bits per heavy atom. The third-order valence-electron chi connectivity index (χ3n) is 13.4. The van der Waals surface area contributed by atoms with E-state index in [4.69, 9.17) is 14.2 Å². The van der Waals surface area contributed by atoms with Gasteiger partial charge in [0.15, 0.2) is 6.10 Å². The Kier molecular flexibility index (Phi) is 54.7. The van der Waals surface area contributed by atoms with Crippen molar-refractivity contribution < 1.29 is 28.6 Å². The van der Waals surface area contributed by atoms with Gasteiger partial charge in [-0.15, -0.1) is 0 Å². The van der Waals surface area contributed by atoms with Crippen LogP contribution in [0.2, 0.25) is 0 Å². The van der Waals surface area contributed by atoms with Gasteiger partial charge in [0, 0.05) is 19.3 Å². The van der Waals surface area contributed by atoms with Gasteiger partial charge in [-0.3, -0.25) is 14.4 Å². The van der Waals surface area contributed by atoms with E-state index in [-0.39, 0.29) is 31.1 Å². The molecule has 0 heterocycles. The van der Waals surface area contributed by atoms with Gasteiger partial charge in [0.05, 0.1) is 0 Å². The summed E-state index contributed by atoms with van der Waals surface area (Å²) < 4.78 is 16.9. The first-order valence-electron chi connectivity index (χ1n) is 29.8. The van der Waals surface area contributed by atoms with Crippen LogP contribution in [-0.2, 0) is 28.6 Å². The highest BCUT2D eigenvalue weighted by Gasteiger charge is 2.19. The van der Waals surface area contributed by atoms with E-state index in [1.165, 1.54) is 231 Å². The van der Waals surface area contributed by atoms with E-state index < -0.39 is 6.10 Å². The Labute approximate surface area is 417 Å². The van der Waals surface area contributed by atoms with E-state index in [9.17, 15) is 14.4 Å². The fourth-order valence-electron chi connectivity index (χ4n) is 8.91. The van der Waals surface area contributed by atoms with Gasteiger partial charge in [-0.1, -0.05) is 263 Å². The molecule has 0 aromatic carbocycles. The lowest BCUT2D eigenvalue weighted by Gasteiger charge is -2.18. The van der Waals surface area contributed by atoms with Crippen molar-refractivity contribution in [3.8, 4) is 0 Å². The van der Waals surface area contributed by atoms with Crippen molar-refractivity contribution in [3.05, 3.63) is 24.3 Å². The summed E-state index contributed by atoms with van der Waals surface area (Å²) in [4.78, 5) is 38.2. The maximum atomic E-state index is 12.9. The molecule has 0 unspecified atom stereocenters. The first kappa shape index (κ1) is 64.9. The molecule has 0 aliphatic heterocycles. The molecular weight excluding hydrogens is 829 g/mol. The lowest BCUT2D eigenvalue weighted by atomic mass is 10.0. The van der Waals surface area contributed by atoms with E-state index in [1.807, 2.05) is 0 Å². The minimum absolute atomic E-state index is 0.0688. The Morgan fingerprint density at radius 1 is 0.284 bits per heavy atom. The first-order chi connectivity index (χ1) is 33.0. The van der Waals surface area contributed by atoms with Gasteiger partial charge in [0.1, 0.15) is 13.2 Å². The summed E-state index contributed by atoms with van der Waals surface area (Å²) in [6, 6.07) is 0. The molecule has 0 aliphatic rings. The van der Waals surface area contributed by atoms with Gasteiger partial charge >= 0.3 is 17.9 Å². The van der Waals surface area contributed by atoms with Gasteiger partial charge in [0.25, 0.3) is 0 Å². The van der Waals surface area contributed by atoms with Crippen molar-refractivity contribution in [2.45, 2.75) is 335 Å². The van der Waals surface area contributed by atoms with Crippen molar-refractivity contribution in [2.24, 2.45) is 0 Å². The van der Waals surface area contributed by atoms with E-state index in [0.717, 1.165) is 57.8 Å². The van der Waals surface area contributed by atoms with Crippen molar-refractivity contribution in [1.29, 1.82) is 0 Å². The van der Waals surface area contributed by atoms with Crippen LogP contribution in [0.15, 0.2) is 24.3 Å². The molecule has 0 spiro atoms. The van der Waals surface area contributed by atoms with E-state index in [2.05, 4.69) is 45.1 Å². The number of carbonyl (C=O) groups excluding carboxylic acids is 3. The van der Waals surface area contributed by atoms with E-state index in [0.29, 0.717) is 19.3 Å². The predicted octanol–water partition coefficient (Wildman–Crippen LogP) is 19.9. The van der Waals surface area contributed by atoms with Crippen molar-refractivity contribution >= 4 is 17.9 Å². The summed E-state index contributed by atoms with van der Waals surface area (Å²) in [6.07, 6.45) is 65.9. The molecule has 394 valence electrons. The highest BCUT2D eigenvalue weighted by molar-refractivity contribution is 5.71. The zero-order valence-electron chi connectivity index (χ0n) is 45.2. The molecule has 6 nitrogen and oxygen atoms in total. The summed E-state index contributed by atoms with van der Waals surface area (Å²) in [5.41, 5.74) is 0. The Bertz CT molecular complexity index is 1080. The quantitative estimate of drug-likeness (QED) is 0.0262. The van der Waals surface area contributed by atoms with Crippen LogP contribution in [0.3, 0.4) is 0 Å². The zero-order valence-corrected chi connectivity index (χ0v) is 45.2. The van der Waals surface area contributed by atoms with Gasteiger partial charge < -0.3 is 14.2 Å². The number of unbranched alkanes of at least 4 members (excludes halogenated alkanes) is 40. The predicted molar refractivity (Wildman–Crippen MR) is 289 cm³/mol. The maximum Gasteiger partial charge on any atom is 0.306 e. The summed E-state index contributed by atoms with van der Waals surface area (Å²) in [5, 5.41) is 0. The molecule has 6 heteroatoms. The van der Waals surface area contributed by atoms with Crippen LogP contribution in [0.4, 0.5) is 0 Å². The molecule has 0 amide bonds. The van der Waals surface area contributed by atoms with Gasteiger partial charge in [-0.05, 0) is 70.6 Å². The van der Waals surface area contributed by atoms with Gasteiger partial charge in [-0.25, -0.2) is 0 Å². The van der Waals surface area contributed by atoms with Gasteiger partial charge in [-0.2, -0.15) is 0 Å². The average Bonchev–Trinajstić information content (AvgIpc) is 3.33. The molecule has 0 radical (unpaired) electrons. The lowest BCUT2D eigenvalue weighted by Crippen LogP contribution is -2.30. The monoisotopic (exact) mass is 943 g/mol. The van der Waals surface area contributed by atoms with Crippen molar-refractivity contribution in [1.82, 2.24) is 0 Å². The molecule has 1 atom stereocenters. The van der Waals surface area contributed by atoms with E-state index >= 15 is 0 Å². The maximum absolute atomic E-state index is 12.9. The second-order valence-electron chi connectivity index (χ2n) is 20.3. The molecule has 0 fully saturated rings. The van der Waals surface area contributed by atoms with Crippen LogP contribution in [-0.4, -0.2) is 37.2 Å². The van der Waals surface area contributed by atoms with Crippen LogP contribution < -0.4 is 0 Å². The van der Waals surface area contributed by atoms with Crippen LogP contribution in [0, 0.1) is 0 Å². The van der Waals surface area contributed by atoms with Crippen LogP contribution >= 0.6 is 0 Å². The molecule has 67 heavy (non-hydrogen) atoms. The van der Waals surface area contributed by atoms with Crippen molar-refractivity contribution in [3.63, 3.8) is 0 Å². The Morgan fingerprint density at radius 2 is 0.493 bits per heavy atom. The molecule has 0 saturated carbocycles. The largest absolute Gasteiger partial charge is 0.462 e. The second kappa shape index (κ2) is 56.5. The average molecular weight is 944 g/mol. The molecule has 0 aromatic rings. The highest BCUT2D eigenvalue weighted by Crippen LogP contribution is 2.17. The SMILES string of the molecule is CCCCCCCC/C=C\CCCCCCCCCCCC(=O)O[C@H](COC(=O)CCCCCCCCC/C=C\CCCCCCCC)COC(=O)CCCCCCCCCCCCCCC. The number of rotatable bonds is 55. The number of allylic oxidation sites excluding steroid dienone is 4. The normalized spacial score (nSPS) is 12.1. The molecule has 0 saturated heterocycles. The summed E-state index contributed by atoms with van der Waals surface area (Å²) in [6.45, 7) is 6.68. The number of hydrogen-bond donors (Lipinski definition) is 0. The zero-order chi connectivity index (χ0) is 48.6. The molecule has 0 bridgehead atoms. The highest BCUT2D eigenvalue weighted by atomic mass is 16.6. The third kappa shape index (κ3) is 54.7. The summed E-state index contributed by atoms with van der Waals surface area (Å²) in [5.74, 6) is -0.854. The molecule has 0 rings (SSSR count). The molecule has 0 aromatic heterocycles.